The van der Waals surface area contributed by atoms with Crippen LogP contribution in [0.15, 0.2) is 0 Å². The van der Waals surface area contributed by atoms with Crippen molar-refractivity contribution in [3.8, 4) is 0 Å². The summed E-state index contributed by atoms with van der Waals surface area (Å²) >= 11 is 0. The number of rotatable bonds is 0. The van der Waals surface area contributed by atoms with Gasteiger partial charge in [0.05, 0.1) is 0 Å². The van der Waals surface area contributed by atoms with Crippen molar-refractivity contribution >= 4 is 10.9 Å². The summed E-state index contributed by atoms with van der Waals surface area (Å²) < 4.78 is 0. The quantitative estimate of drug-likeness (QED) is 0.415. The van der Waals surface area contributed by atoms with Crippen molar-refractivity contribution in [3.05, 3.63) is 0 Å². The van der Waals surface area contributed by atoms with E-state index in [4.69, 9.17) is 0 Å². The Morgan fingerprint density at radius 2 is 1.38 bits per heavy atom. The Morgan fingerprint density at radius 1 is 0.875 bits per heavy atom. The third-order valence-corrected chi connectivity index (χ3v) is 4.37. The predicted molar refractivity (Wildman–Crippen MR) is 38.4 cm³/mol. The van der Waals surface area contributed by atoms with Crippen LogP contribution in [0.25, 0.3) is 0 Å². The minimum atomic E-state index is 0.873. The first kappa shape index (κ1) is 5.12. The molecule has 3 saturated heterocycles. The zero-order valence-corrected chi connectivity index (χ0v) is 5.91. The molecule has 0 aromatic rings. The van der Waals surface area contributed by atoms with Gasteiger partial charge in [0.1, 0.15) is 17.3 Å². The standard InChI is InChI=1S/C6H12NS/c1-4-8-5-2-7(1)3-6-8/h1-6H2/q+1. The molecule has 1 nitrogen and oxygen atoms in total. The molecule has 0 spiro atoms. The van der Waals surface area contributed by atoms with Crippen LogP contribution in [0.1, 0.15) is 0 Å². The molecule has 3 fully saturated rings. The van der Waals surface area contributed by atoms with E-state index in [1.807, 2.05) is 0 Å². The van der Waals surface area contributed by atoms with Crippen molar-refractivity contribution in [1.82, 2.24) is 4.90 Å². The van der Waals surface area contributed by atoms with Gasteiger partial charge >= 0.3 is 0 Å². The lowest BCUT2D eigenvalue weighted by Gasteiger charge is -2.32. The SMILES string of the molecule is C1C[S+]2CCN1CC2. The second-order valence-corrected chi connectivity index (χ2v) is 5.02. The fourth-order valence-corrected chi connectivity index (χ4v) is 3.58. The molecule has 0 radical (unpaired) electrons. The van der Waals surface area contributed by atoms with Crippen LogP contribution in [0, 0.1) is 0 Å². The van der Waals surface area contributed by atoms with E-state index >= 15 is 0 Å². The fourth-order valence-electron chi connectivity index (χ4n) is 1.42. The molecule has 46 valence electrons. The average Bonchev–Trinajstić information content (AvgIpc) is 1.92. The third-order valence-electron chi connectivity index (χ3n) is 2.09. The molecule has 0 amide bonds. The Morgan fingerprint density at radius 3 is 1.50 bits per heavy atom. The molecule has 8 heavy (non-hydrogen) atoms. The highest BCUT2D eigenvalue weighted by atomic mass is 32.2. The third kappa shape index (κ3) is 0.759. The fraction of sp³-hybridized carbons (Fsp3) is 1.00. The van der Waals surface area contributed by atoms with E-state index in [0.29, 0.717) is 0 Å². The number of nitrogens with zero attached hydrogens (tertiary/aromatic N) is 1. The molecule has 2 bridgehead atoms. The Kier molecular flexibility index (Phi) is 1.23. The van der Waals surface area contributed by atoms with Gasteiger partial charge < -0.3 is 0 Å². The maximum atomic E-state index is 2.59. The van der Waals surface area contributed by atoms with Crippen LogP contribution >= 0.6 is 0 Å². The van der Waals surface area contributed by atoms with E-state index in [-0.39, 0.29) is 0 Å². The van der Waals surface area contributed by atoms with Gasteiger partial charge in [-0.2, -0.15) is 0 Å². The van der Waals surface area contributed by atoms with Crippen LogP contribution in [-0.4, -0.2) is 41.8 Å². The normalized spacial score (nSPS) is 45.0. The highest BCUT2D eigenvalue weighted by Crippen LogP contribution is 2.13. The molecule has 0 saturated carbocycles. The Hall–Kier alpha value is 0.310. The first-order valence-electron chi connectivity index (χ1n) is 3.31. The average molecular weight is 130 g/mol. The van der Waals surface area contributed by atoms with Crippen molar-refractivity contribution in [2.75, 3.05) is 36.9 Å². The zero-order valence-electron chi connectivity index (χ0n) is 5.10. The van der Waals surface area contributed by atoms with Crippen LogP contribution in [0.2, 0.25) is 0 Å². The van der Waals surface area contributed by atoms with Gasteiger partial charge in [0.15, 0.2) is 0 Å². The van der Waals surface area contributed by atoms with Gasteiger partial charge in [0.2, 0.25) is 0 Å². The van der Waals surface area contributed by atoms with Gasteiger partial charge in [0, 0.05) is 19.6 Å². The van der Waals surface area contributed by atoms with E-state index in [0.717, 1.165) is 10.9 Å². The first-order valence-corrected chi connectivity index (χ1v) is 5.05. The molecule has 0 N–H and O–H groups in total. The van der Waals surface area contributed by atoms with Crippen molar-refractivity contribution < 1.29 is 0 Å². The minimum absolute atomic E-state index is 0.873. The summed E-state index contributed by atoms with van der Waals surface area (Å²) in [4.78, 5) is 2.59. The van der Waals surface area contributed by atoms with Crippen molar-refractivity contribution in [3.63, 3.8) is 0 Å². The molecule has 0 aliphatic carbocycles. The smallest absolute Gasteiger partial charge is 0.120 e. The van der Waals surface area contributed by atoms with Crippen LogP contribution in [0.4, 0.5) is 0 Å². The first-order chi connectivity index (χ1) is 3.95. The second kappa shape index (κ2) is 1.92. The van der Waals surface area contributed by atoms with Gasteiger partial charge in [0.25, 0.3) is 0 Å². The molecule has 0 aromatic carbocycles. The lowest BCUT2D eigenvalue weighted by Crippen LogP contribution is -2.50. The molecule has 2 heteroatoms. The highest BCUT2D eigenvalue weighted by molar-refractivity contribution is 7.97. The molecule has 3 aliphatic heterocycles. The molecule has 0 atom stereocenters. The van der Waals surface area contributed by atoms with E-state index in [9.17, 15) is 0 Å². The lowest BCUT2D eigenvalue weighted by atomic mass is 10.5. The molecular formula is C6H12NS+. The summed E-state index contributed by atoms with van der Waals surface area (Å²) in [5, 5.41) is 0. The molecule has 3 heterocycles. The summed E-state index contributed by atoms with van der Waals surface area (Å²) in [5.74, 6) is 4.54. The van der Waals surface area contributed by atoms with E-state index in [2.05, 4.69) is 4.90 Å². The van der Waals surface area contributed by atoms with Gasteiger partial charge in [-0.05, 0) is 10.9 Å². The van der Waals surface area contributed by atoms with Crippen LogP contribution < -0.4 is 0 Å². The van der Waals surface area contributed by atoms with Crippen LogP contribution in [-0.2, 0) is 10.9 Å². The summed E-state index contributed by atoms with van der Waals surface area (Å²) in [6.45, 7) is 4.22. The summed E-state index contributed by atoms with van der Waals surface area (Å²) in [7, 11) is 0.873. The van der Waals surface area contributed by atoms with Gasteiger partial charge in [-0.1, -0.05) is 0 Å². The number of hydrogen-bond acceptors (Lipinski definition) is 1. The Labute approximate surface area is 53.4 Å². The molecule has 0 aromatic heterocycles. The van der Waals surface area contributed by atoms with E-state index < -0.39 is 0 Å². The molecule has 0 unspecified atom stereocenters. The van der Waals surface area contributed by atoms with Crippen molar-refractivity contribution in [1.29, 1.82) is 0 Å². The second-order valence-electron chi connectivity index (χ2n) is 2.57. The van der Waals surface area contributed by atoms with Gasteiger partial charge in [-0.15, -0.1) is 0 Å². The topological polar surface area (TPSA) is 3.24 Å². The molecule has 3 rings (SSSR count). The van der Waals surface area contributed by atoms with Crippen molar-refractivity contribution in [2.45, 2.75) is 0 Å². The molecule has 3 aliphatic rings. The zero-order chi connectivity index (χ0) is 5.40. The monoisotopic (exact) mass is 130 g/mol. The van der Waals surface area contributed by atoms with E-state index in [1.54, 1.807) is 0 Å². The maximum absolute atomic E-state index is 2.59. The Balaban J connectivity index is 2.03. The van der Waals surface area contributed by atoms with Crippen LogP contribution in [0.5, 0.6) is 0 Å². The molecular weight excluding hydrogens is 118 g/mol. The van der Waals surface area contributed by atoms with Crippen LogP contribution in [0.3, 0.4) is 0 Å². The lowest BCUT2D eigenvalue weighted by molar-refractivity contribution is 0.305. The highest BCUT2D eigenvalue weighted by Gasteiger charge is 2.32. The maximum Gasteiger partial charge on any atom is 0.120 e. The number of fused-ring (bicyclic) bond motifs is 3. The van der Waals surface area contributed by atoms with Gasteiger partial charge in [-0.3, -0.25) is 4.90 Å². The Bertz CT molecular complexity index is 63.5. The summed E-state index contributed by atoms with van der Waals surface area (Å²) in [5.41, 5.74) is 0. The summed E-state index contributed by atoms with van der Waals surface area (Å²) in [6.07, 6.45) is 0. The van der Waals surface area contributed by atoms with Crippen molar-refractivity contribution in [2.24, 2.45) is 0 Å². The minimum Gasteiger partial charge on any atom is -0.289 e. The predicted octanol–water partition coefficient (Wildman–Crippen LogP) is -0.0661. The summed E-state index contributed by atoms with van der Waals surface area (Å²) in [6, 6.07) is 0. The van der Waals surface area contributed by atoms with Gasteiger partial charge in [-0.25, -0.2) is 0 Å². The van der Waals surface area contributed by atoms with E-state index in [1.165, 1.54) is 36.9 Å². The number of hydrogen-bond donors (Lipinski definition) is 0. The largest absolute Gasteiger partial charge is 0.289 e.